The van der Waals surface area contributed by atoms with Crippen molar-refractivity contribution in [2.75, 3.05) is 23.4 Å². The van der Waals surface area contributed by atoms with E-state index < -0.39 is 11.0 Å². The molecule has 1 saturated heterocycles. The summed E-state index contributed by atoms with van der Waals surface area (Å²) in [5.74, 6) is 0.147. The quantitative estimate of drug-likeness (QED) is 0.688. The Kier molecular flexibility index (Phi) is 3.57. The first-order valence-electron chi connectivity index (χ1n) is 6.56. The van der Waals surface area contributed by atoms with E-state index in [-0.39, 0.29) is 11.5 Å². The van der Waals surface area contributed by atoms with Gasteiger partial charge in [-0.1, -0.05) is 6.07 Å². The van der Waals surface area contributed by atoms with Crippen LogP contribution >= 0.6 is 0 Å². The number of benzene rings is 1. The van der Waals surface area contributed by atoms with E-state index in [1.165, 1.54) is 23.2 Å². The molecular formula is C14H12N4O4. The lowest BCUT2D eigenvalue weighted by Crippen LogP contribution is -2.23. The van der Waals surface area contributed by atoms with E-state index >= 15 is 0 Å². The fourth-order valence-electron chi connectivity index (χ4n) is 2.16. The number of aromatic nitrogens is 1. The van der Waals surface area contributed by atoms with Crippen LogP contribution in [0.5, 0.6) is 0 Å². The molecule has 0 saturated carbocycles. The van der Waals surface area contributed by atoms with E-state index in [1.54, 1.807) is 24.3 Å². The molecule has 1 aromatic carbocycles. The van der Waals surface area contributed by atoms with Crippen molar-refractivity contribution in [2.45, 2.75) is 0 Å². The van der Waals surface area contributed by atoms with Gasteiger partial charge in [-0.2, -0.15) is 0 Å². The fourth-order valence-corrected chi connectivity index (χ4v) is 2.16. The van der Waals surface area contributed by atoms with Gasteiger partial charge in [-0.15, -0.1) is 0 Å². The van der Waals surface area contributed by atoms with Crippen molar-refractivity contribution in [3.05, 3.63) is 52.7 Å². The number of pyridine rings is 1. The van der Waals surface area contributed by atoms with Crippen LogP contribution in [-0.2, 0) is 4.74 Å². The van der Waals surface area contributed by atoms with Crippen LogP contribution in [0.25, 0.3) is 0 Å². The van der Waals surface area contributed by atoms with E-state index in [0.717, 1.165) is 0 Å². The number of hydrogen-bond donors (Lipinski definition) is 1. The minimum atomic E-state index is -0.503. The number of anilines is 3. The average Bonchev–Trinajstić information content (AvgIpc) is 2.94. The van der Waals surface area contributed by atoms with Gasteiger partial charge >= 0.3 is 11.8 Å². The summed E-state index contributed by atoms with van der Waals surface area (Å²) in [6.07, 6.45) is 1.07. The summed E-state index contributed by atoms with van der Waals surface area (Å²) in [5.41, 5.74) is 1.14. The third kappa shape index (κ3) is 2.66. The zero-order chi connectivity index (χ0) is 15.5. The first kappa shape index (κ1) is 13.8. The van der Waals surface area contributed by atoms with Gasteiger partial charge in [-0.05, 0) is 24.3 Å². The molecule has 8 heteroatoms. The van der Waals surface area contributed by atoms with Crippen molar-refractivity contribution in [2.24, 2.45) is 0 Å². The monoisotopic (exact) mass is 300 g/mol. The molecule has 0 aliphatic carbocycles. The summed E-state index contributed by atoms with van der Waals surface area (Å²) in [5, 5.41) is 13.9. The molecule has 2 aromatic rings. The molecule has 1 N–H and O–H groups in total. The molecule has 1 aliphatic heterocycles. The van der Waals surface area contributed by atoms with E-state index in [0.29, 0.717) is 24.5 Å². The molecule has 3 rings (SSSR count). The Hall–Kier alpha value is -3.16. The first-order valence-corrected chi connectivity index (χ1v) is 6.56. The minimum absolute atomic E-state index is 0.117. The highest BCUT2D eigenvalue weighted by molar-refractivity contribution is 5.90. The predicted molar refractivity (Wildman–Crippen MR) is 79.3 cm³/mol. The minimum Gasteiger partial charge on any atom is -0.447 e. The van der Waals surface area contributed by atoms with Crippen LogP contribution in [0.3, 0.4) is 0 Å². The molecule has 1 fully saturated rings. The van der Waals surface area contributed by atoms with Crippen LogP contribution in [0.15, 0.2) is 42.6 Å². The summed E-state index contributed by atoms with van der Waals surface area (Å²) >= 11 is 0. The van der Waals surface area contributed by atoms with E-state index in [2.05, 4.69) is 10.3 Å². The third-order valence-electron chi connectivity index (χ3n) is 3.16. The zero-order valence-electron chi connectivity index (χ0n) is 11.4. The number of nitrogens with one attached hydrogen (secondary N) is 1. The molecule has 22 heavy (non-hydrogen) atoms. The number of carbonyl (C=O) groups is 1. The maximum absolute atomic E-state index is 11.6. The van der Waals surface area contributed by atoms with Gasteiger partial charge in [0, 0.05) is 23.6 Å². The molecule has 1 amide bonds. The van der Waals surface area contributed by atoms with Crippen LogP contribution in [0, 0.1) is 10.1 Å². The van der Waals surface area contributed by atoms with Gasteiger partial charge in [0.05, 0.1) is 11.5 Å². The molecule has 2 heterocycles. The molecule has 1 aliphatic rings. The summed E-state index contributed by atoms with van der Waals surface area (Å²) < 4.78 is 4.89. The third-order valence-corrected chi connectivity index (χ3v) is 3.16. The average molecular weight is 300 g/mol. The van der Waals surface area contributed by atoms with Gasteiger partial charge in [0.2, 0.25) is 5.82 Å². The standard InChI is InChI=1S/C14H12N4O4/c19-14-17(7-8-22-14)11-4-1-3-10(9-11)16-13-12(18(20)21)5-2-6-15-13/h1-6,9H,7-8H2,(H,15,16). The van der Waals surface area contributed by atoms with Crippen LogP contribution < -0.4 is 10.2 Å². The number of rotatable bonds is 4. The molecule has 112 valence electrons. The zero-order valence-corrected chi connectivity index (χ0v) is 11.4. The molecule has 0 unspecified atom stereocenters. The second-order valence-corrected chi connectivity index (χ2v) is 4.57. The Morgan fingerprint density at radius 2 is 2.18 bits per heavy atom. The second-order valence-electron chi connectivity index (χ2n) is 4.57. The Morgan fingerprint density at radius 3 is 2.91 bits per heavy atom. The Morgan fingerprint density at radius 1 is 1.32 bits per heavy atom. The Bertz CT molecular complexity index is 734. The highest BCUT2D eigenvalue weighted by Crippen LogP contribution is 2.27. The largest absolute Gasteiger partial charge is 0.447 e. The van der Waals surface area contributed by atoms with Crippen LogP contribution in [-0.4, -0.2) is 29.2 Å². The summed E-state index contributed by atoms with van der Waals surface area (Å²) in [6.45, 7) is 0.828. The van der Waals surface area contributed by atoms with E-state index in [1.807, 2.05) is 0 Å². The SMILES string of the molecule is O=C1OCCN1c1cccc(Nc2ncccc2[N+](=O)[O-])c1. The van der Waals surface area contributed by atoms with Gasteiger partial charge in [-0.3, -0.25) is 15.0 Å². The topological polar surface area (TPSA) is 97.6 Å². The lowest BCUT2D eigenvalue weighted by Gasteiger charge is -2.14. The first-order chi connectivity index (χ1) is 10.6. The van der Waals surface area contributed by atoms with E-state index in [4.69, 9.17) is 4.74 Å². The van der Waals surface area contributed by atoms with Crippen LogP contribution in [0.1, 0.15) is 0 Å². The maximum atomic E-state index is 11.6. The highest BCUT2D eigenvalue weighted by Gasteiger charge is 2.23. The Labute approximate surface area is 125 Å². The number of ether oxygens (including phenoxy) is 1. The number of amides is 1. The van der Waals surface area contributed by atoms with Crippen molar-refractivity contribution in [3.63, 3.8) is 0 Å². The summed E-state index contributed by atoms with van der Waals surface area (Å²) in [4.78, 5) is 27.5. The van der Waals surface area contributed by atoms with Crippen molar-refractivity contribution in [1.29, 1.82) is 0 Å². The van der Waals surface area contributed by atoms with Gasteiger partial charge < -0.3 is 10.1 Å². The molecule has 0 spiro atoms. The normalized spacial score (nSPS) is 13.8. The number of nitro groups is 1. The maximum Gasteiger partial charge on any atom is 0.414 e. The van der Waals surface area contributed by atoms with Gasteiger partial charge in [0.1, 0.15) is 6.61 Å². The molecule has 0 bridgehead atoms. The number of cyclic esters (lactones) is 1. The molecule has 8 nitrogen and oxygen atoms in total. The summed E-state index contributed by atoms with van der Waals surface area (Å²) in [7, 11) is 0. The van der Waals surface area contributed by atoms with Crippen LogP contribution in [0.4, 0.5) is 27.7 Å². The molecule has 0 radical (unpaired) electrons. The fraction of sp³-hybridized carbons (Fsp3) is 0.143. The molecule has 0 atom stereocenters. The number of carbonyl (C=O) groups excluding carboxylic acids is 1. The van der Waals surface area contributed by atoms with Gasteiger partial charge in [0.25, 0.3) is 0 Å². The smallest absolute Gasteiger partial charge is 0.414 e. The van der Waals surface area contributed by atoms with Gasteiger partial charge in [0.15, 0.2) is 0 Å². The Balaban J connectivity index is 1.87. The van der Waals surface area contributed by atoms with Crippen molar-refractivity contribution < 1.29 is 14.5 Å². The lowest BCUT2D eigenvalue weighted by atomic mass is 10.2. The van der Waals surface area contributed by atoms with E-state index in [9.17, 15) is 14.9 Å². The second kappa shape index (κ2) is 5.68. The molecular weight excluding hydrogens is 288 g/mol. The highest BCUT2D eigenvalue weighted by atomic mass is 16.6. The molecule has 1 aromatic heterocycles. The number of nitrogens with zero attached hydrogens (tertiary/aromatic N) is 3. The van der Waals surface area contributed by atoms with Crippen LogP contribution in [0.2, 0.25) is 0 Å². The van der Waals surface area contributed by atoms with Crippen molar-refractivity contribution in [3.8, 4) is 0 Å². The predicted octanol–water partition coefficient (Wildman–Crippen LogP) is 2.69. The van der Waals surface area contributed by atoms with Gasteiger partial charge in [-0.25, -0.2) is 9.78 Å². The van der Waals surface area contributed by atoms with Crippen molar-refractivity contribution >= 4 is 29.0 Å². The van der Waals surface area contributed by atoms with Crippen molar-refractivity contribution in [1.82, 2.24) is 4.98 Å². The summed E-state index contributed by atoms with van der Waals surface area (Å²) in [6, 6.07) is 9.84. The lowest BCUT2D eigenvalue weighted by molar-refractivity contribution is -0.384. The number of hydrogen-bond acceptors (Lipinski definition) is 6.